The Kier molecular flexibility index (Phi) is 3.92. The summed E-state index contributed by atoms with van der Waals surface area (Å²) in [6.07, 6.45) is 1.54. The van der Waals surface area contributed by atoms with Crippen molar-refractivity contribution in [2.24, 2.45) is 0 Å². The number of carbonyl (C=O) groups excluding carboxylic acids is 2. The van der Waals surface area contributed by atoms with Crippen LogP contribution in [0.5, 0.6) is 5.75 Å². The summed E-state index contributed by atoms with van der Waals surface area (Å²) < 4.78 is 5.32. The lowest BCUT2D eigenvalue weighted by molar-refractivity contribution is -0.122. The normalized spacial score (nSPS) is 22.7. The largest absolute Gasteiger partial charge is 0.497 e. The van der Waals surface area contributed by atoms with E-state index in [9.17, 15) is 9.59 Å². The molecule has 6 nitrogen and oxygen atoms in total. The number of carbonyl (C=O) groups is 2. The van der Waals surface area contributed by atoms with Gasteiger partial charge in [0.15, 0.2) is 0 Å². The summed E-state index contributed by atoms with van der Waals surface area (Å²) in [5.74, 6) is 0.798. The van der Waals surface area contributed by atoms with Gasteiger partial charge in [-0.2, -0.15) is 0 Å². The van der Waals surface area contributed by atoms with Gasteiger partial charge in [-0.15, -0.1) is 0 Å². The number of hydrogen-bond donors (Lipinski definition) is 1. The highest BCUT2D eigenvalue weighted by Crippen LogP contribution is 2.47. The number of rotatable bonds is 3. The number of ether oxygens (including phenoxy) is 1. The Balaban J connectivity index is 1.91. The molecule has 6 heteroatoms. The molecule has 1 aromatic rings. The van der Waals surface area contributed by atoms with Gasteiger partial charge in [-0.25, -0.2) is 4.79 Å². The maximum atomic E-state index is 12.9. The van der Waals surface area contributed by atoms with Crippen LogP contribution in [-0.2, 0) is 10.2 Å². The monoisotopic (exact) mass is 317 g/mol. The number of benzene rings is 1. The maximum absolute atomic E-state index is 12.9. The highest BCUT2D eigenvalue weighted by atomic mass is 16.5. The molecule has 3 amide bonds. The van der Waals surface area contributed by atoms with Crippen LogP contribution in [0.2, 0.25) is 0 Å². The molecule has 1 atom stereocenters. The molecule has 0 unspecified atom stereocenters. The van der Waals surface area contributed by atoms with Crippen molar-refractivity contribution in [1.82, 2.24) is 10.2 Å². The molecule has 1 spiro atoms. The number of amides is 3. The van der Waals surface area contributed by atoms with E-state index in [1.54, 1.807) is 24.0 Å². The topological polar surface area (TPSA) is 61.9 Å². The first-order chi connectivity index (χ1) is 11.0. The summed E-state index contributed by atoms with van der Waals surface area (Å²) in [5, 5.41) is 2.89. The van der Waals surface area contributed by atoms with E-state index in [0.717, 1.165) is 23.4 Å². The second-order valence-corrected chi connectivity index (χ2v) is 6.23. The van der Waals surface area contributed by atoms with Gasteiger partial charge in [0.05, 0.1) is 12.5 Å². The molecule has 1 aromatic carbocycles. The van der Waals surface area contributed by atoms with Crippen LogP contribution in [0, 0.1) is 0 Å². The molecule has 0 saturated carbocycles. The SMILES string of the molecule is CCCNC(=O)N1CC[C@@]2(C1)C(=O)N(C)c1ccc(OC)cc12. The van der Waals surface area contributed by atoms with E-state index < -0.39 is 5.41 Å². The highest BCUT2D eigenvalue weighted by Gasteiger charge is 2.54. The van der Waals surface area contributed by atoms with Crippen molar-refractivity contribution in [2.45, 2.75) is 25.2 Å². The fourth-order valence-corrected chi connectivity index (χ4v) is 3.58. The van der Waals surface area contributed by atoms with Crippen molar-refractivity contribution >= 4 is 17.6 Å². The lowest BCUT2D eigenvalue weighted by Crippen LogP contribution is -2.44. The number of likely N-dealkylation sites (N-methyl/N-ethyl adjacent to an activating group) is 1. The summed E-state index contributed by atoms with van der Waals surface area (Å²) >= 11 is 0. The van der Waals surface area contributed by atoms with Gasteiger partial charge in [-0.05, 0) is 36.6 Å². The molecule has 0 radical (unpaired) electrons. The number of methoxy groups -OCH3 is 1. The van der Waals surface area contributed by atoms with Crippen LogP contribution in [0.1, 0.15) is 25.3 Å². The number of nitrogens with one attached hydrogen (secondary N) is 1. The molecule has 23 heavy (non-hydrogen) atoms. The standard InChI is InChI=1S/C17H23N3O3/c1-4-8-18-16(22)20-9-7-17(11-20)13-10-12(23-3)5-6-14(13)19(2)15(17)21/h5-6,10H,4,7-9,11H2,1-3H3,(H,18,22)/t17-/m0/s1. The van der Waals surface area contributed by atoms with E-state index in [-0.39, 0.29) is 11.9 Å². The third-order valence-electron chi connectivity index (χ3n) is 4.88. The zero-order valence-corrected chi connectivity index (χ0v) is 13.9. The maximum Gasteiger partial charge on any atom is 0.317 e. The summed E-state index contributed by atoms with van der Waals surface area (Å²) in [6, 6.07) is 5.63. The minimum atomic E-state index is -0.637. The van der Waals surface area contributed by atoms with Crippen LogP contribution in [0.4, 0.5) is 10.5 Å². The van der Waals surface area contributed by atoms with Crippen LogP contribution in [-0.4, -0.2) is 50.6 Å². The first-order valence-electron chi connectivity index (χ1n) is 8.03. The zero-order valence-electron chi connectivity index (χ0n) is 13.9. The van der Waals surface area contributed by atoms with E-state index in [1.807, 2.05) is 25.1 Å². The quantitative estimate of drug-likeness (QED) is 0.923. The first kappa shape index (κ1) is 15.6. The third-order valence-corrected chi connectivity index (χ3v) is 4.88. The average Bonchev–Trinajstić information content (AvgIpc) is 3.11. The fourth-order valence-electron chi connectivity index (χ4n) is 3.58. The molecule has 0 aliphatic carbocycles. The van der Waals surface area contributed by atoms with Gasteiger partial charge in [0.2, 0.25) is 5.91 Å². The fraction of sp³-hybridized carbons (Fsp3) is 0.529. The van der Waals surface area contributed by atoms with Crippen molar-refractivity contribution in [3.8, 4) is 5.75 Å². The van der Waals surface area contributed by atoms with Crippen molar-refractivity contribution in [3.05, 3.63) is 23.8 Å². The van der Waals surface area contributed by atoms with Crippen LogP contribution in [0.3, 0.4) is 0 Å². The second-order valence-electron chi connectivity index (χ2n) is 6.23. The van der Waals surface area contributed by atoms with Crippen LogP contribution in [0.15, 0.2) is 18.2 Å². The van der Waals surface area contributed by atoms with Gasteiger partial charge in [0, 0.05) is 32.4 Å². The summed E-state index contributed by atoms with van der Waals surface area (Å²) in [4.78, 5) is 28.6. The molecule has 1 N–H and O–H groups in total. The Morgan fingerprint density at radius 1 is 1.43 bits per heavy atom. The Hall–Kier alpha value is -2.24. The molecule has 1 fully saturated rings. The predicted molar refractivity (Wildman–Crippen MR) is 88.0 cm³/mol. The Bertz CT molecular complexity index is 646. The Morgan fingerprint density at radius 2 is 2.22 bits per heavy atom. The van der Waals surface area contributed by atoms with Gasteiger partial charge in [0.25, 0.3) is 0 Å². The molecular formula is C17H23N3O3. The number of likely N-dealkylation sites (tertiary alicyclic amines) is 1. The predicted octanol–water partition coefficient (Wildman–Crippen LogP) is 1.73. The van der Waals surface area contributed by atoms with Gasteiger partial charge in [0.1, 0.15) is 5.75 Å². The molecule has 0 aromatic heterocycles. The van der Waals surface area contributed by atoms with Crippen LogP contribution in [0.25, 0.3) is 0 Å². The second kappa shape index (κ2) is 5.76. The third kappa shape index (κ3) is 2.33. The van der Waals surface area contributed by atoms with Crippen molar-refractivity contribution in [1.29, 1.82) is 0 Å². The lowest BCUT2D eigenvalue weighted by atomic mass is 9.81. The molecule has 2 aliphatic heterocycles. The number of fused-ring (bicyclic) bond motifs is 2. The van der Waals surface area contributed by atoms with E-state index in [2.05, 4.69) is 5.32 Å². The van der Waals surface area contributed by atoms with Crippen molar-refractivity contribution in [2.75, 3.05) is 38.7 Å². The molecule has 3 rings (SSSR count). The molecule has 0 bridgehead atoms. The van der Waals surface area contributed by atoms with E-state index in [1.165, 1.54) is 0 Å². The van der Waals surface area contributed by atoms with Crippen molar-refractivity contribution in [3.63, 3.8) is 0 Å². The smallest absolute Gasteiger partial charge is 0.317 e. The van der Waals surface area contributed by atoms with Crippen molar-refractivity contribution < 1.29 is 14.3 Å². The number of hydrogen-bond acceptors (Lipinski definition) is 3. The Labute approximate surface area is 136 Å². The number of urea groups is 1. The van der Waals surface area contributed by atoms with Gasteiger partial charge >= 0.3 is 6.03 Å². The van der Waals surface area contributed by atoms with Crippen LogP contribution < -0.4 is 15.0 Å². The van der Waals surface area contributed by atoms with E-state index >= 15 is 0 Å². The average molecular weight is 317 g/mol. The minimum Gasteiger partial charge on any atom is -0.497 e. The first-order valence-corrected chi connectivity index (χ1v) is 8.03. The van der Waals surface area contributed by atoms with Gasteiger partial charge in [-0.1, -0.05) is 6.92 Å². The summed E-state index contributed by atoms with van der Waals surface area (Å²) in [5.41, 5.74) is 1.24. The van der Waals surface area contributed by atoms with Gasteiger partial charge in [-0.3, -0.25) is 4.79 Å². The zero-order chi connectivity index (χ0) is 16.6. The van der Waals surface area contributed by atoms with Crippen LogP contribution >= 0.6 is 0 Å². The molecule has 2 aliphatic rings. The molecule has 1 saturated heterocycles. The van der Waals surface area contributed by atoms with E-state index in [0.29, 0.717) is 26.1 Å². The van der Waals surface area contributed by atoms with E-state index in [4.69, 9.17) is 4.74 Å². The van der Waals surface area contributed by atoms with Gasteiger partial charge < -0.3 is 19.9 Å². The molecule has 2 heterocycles. The lowest BCUT2D eigenvalue weighted by Gasteiger charge is -2.23. The molecular weight excluding hydrogens is 294 g/mol. The number of anilines is 1. The Morgan fingerprint density at radius 3 is 2.91 bits per heavy atom. The molecule has 124 valence electrons. The highest BCUT2D eigenvalue weighted by molar-refractivity contribution is 6.08. The minimum absolute atomic E-state index is 0.0616. The number of nitrogens with zero attached hydrogens (tertiary/aromatic N) is 2. The summed E-state index contributed by atoms with van der Waals surface area (Å²) in [7, 11) is 3.41. The summed E-state index contributed by atoms with van der Waals surface area (Å²) in [6.45, 7) is 3.68.